The van der Waals surface area contributed by atoms with E-state index in [1.165, 1.54) is 12.1 Å². The number of carbonyl (C=O) groups excluding carboxylic acids is 1. The lowest BCUT2D eigenvalue weighted by Crippen LogP contribution is -2.20. The number of hydrogen-bond donors (Lipinski definition) is 3. The molecule has 0 spiro atoms. The highest BCUT2D eigenvalue weighted by Gasteiger charge is 2.09. The van der Waals surface area contributed by atoms with Gasteiger partial charge >= 0.3 is 12.0 Å². The Morgan fingerprint density at radius 2 is 1.86 bits per heavy atom. The molecule has 6 nitrogen and oxygen atoms in total. The number of aromatic carboxylic acids is 1. The number of urea groups is 1. The van der Waals surface area contributed by atoms with Crippen molar-refractivity contribution in [1.29, 1.82) is 0 Å². The third-order valence-corrected chi connectivity index (χ3v) is 2.80. The summed E-state index contributed by atoms with van der Waals surface area (Å²) in [5, 5.41) is 14.2. The maximum Gasteiger partial charge on any atom is 0.335 e. The van der Waals surface area contributed by atoms with E-state index in [1.807, 2.05) is 13.0 Å². The number of carbonyl (C=O) groups is 2. The molecule has 2 rings (SSSR count). The number of amides is 2. The average Bonchev–Trinajstić information content (AvgIpc) is 2.49. The quantitative estimate of drug-likeness (QED) is 0.789. The summed E-state index contributed by atoms with van der Waals surface area (Å²) in [4.78, 5) is 22.9. The van der Waals surface area contributed by atoms with E-state index >= 15 is 0 Å². The van der Waals surface area contributed by atoms with Crippen molar-refractivity contribution in [1.82, 2.24) is 0 Å². The van der Waals surface area contributed by atoms with Crippen LogP contribution in [0, 0.1) is 0 Å². The number of carboxylic acid groups (broad SMARTS) is 1. The number of anilines is 2. The van der Waals surface area contributed by atoms with E-state index < -0.39 is 12.0 Å². The summed E-state index contributed by atoms with van der Waals surface area (Å²) in [6, 6.07) is 12.6. The predicted molar refractivity (Wildman–Crippen MR) is 83.7 cm³/mol. The molecule has 3 N–H and O–H groups in total. The normalized spacial score (nSPS) is 9.86. The molecule has 0 atom stereocenters. The number of rotatable bonds is 5. The molecule has 0 aliphatic carbocycles. The van der Waals surface area contributed by atoms with Gasteiger partial charge in [0.1, 0.15) is 5.75 Å². The SMILES string of the molecule is CCOc1ccccc1NC(=O)Nc1cccc(C(=O)O)c1. The van der Waals surface area contributed by atoms with Gasteiger partial charge in [-0.15, -0.1) is 0 Å². The van der Waals surface area contributed by atoms with Gasteiger partial charge in [-0.3, -0.25) is 0 Å². The molecule has 0 aliphatic heterocycles. The van der Waals surface area contributed by atoms with Crippen LogP contribution in [0.25, 0.3) is 0 Å². The van der Waals surface area contributed by atoms with E-state index in [9.17, 15) is 9.59 Å². The van der Waals surface area contributed by atoms with Crippen molar-refractivity contribution >= 4 is 23.4 Å². The molecule has 2 aromatic rings. The van der Waals surface area contributed by atoms with Crippen molar-refractivity contribution in [3.63, 3.8) is 0 Å². The summed E-state index contributed by atoms with van der Waals surface area (Å²) in [5.41, 5.74) is 1.04. The van der Waals surface area contributed by atoms with Gasteiger partial charge in [-0.05, 0) is 37.3 Å². The second-order valence-electron chi connectivity index (χ2n) is 4.39. The van der Waals surface area contributed by atoms with Gasteiger partial charge in [0, 0.05) is 5.69 Å². The summed E-state index contributed by atoms with van der Waals surface area (Å²) in [5.74, 6) is -0.481. The van der Waals surface area contributed by atoms with Crippen LogP contribution in [0.15, 0.2) is 48.5 Å². The van der Waals surface area contributed by atoms with Crippen LogP contribution in [0.1, 0.15) is 17.3 Å². The van der Waals surface area contributed by atoms with E-state index in [-0.39, 0.29) is 5.56 Å². The highest BCUT2D eigenvalue weighted by molar-refractivity contribution is 6.01. The van der Waals surface area contributed by atoms with Crippen molar-refractivity contribution in [2.24, 2.45) is 0 Å². The average molecular weight is 300 g/mol. The minimum Gasteiger partial charge on any atom is -0.492 e. The first-order chi connectivity index (χ1) is 10.6. The van der Waals surface area contributed by atoms with E-state index in [2.05, 4.69) is 10.6 Å². The van der Waals surface area contributed by atoms with Gasteiger partial charge < -0.3 is 20.5 Å². The summed E-state index contributed by atoms with van der Waals surface area (Å²) < 4.78 is 5.42. The summed E-state index contributed by atoms with van der Waals surface area (Å²) in [7, 11) is 0. The van der Waals surface area contributed by atoms with Crippen LogP contribution in [0.4, 0.5) is 16.2 Å². The highest BCUT2D eigenvalue weighted by Crippen LogP contribution is 2.23. The van der Waals surface area contributed by atoms with E-state index in [0.717, 1.165) is 0 Å². The number of carboxylic acids is 1. The molecule has 0 radical (unpaired) electrons. The van der Waals surface area contributed by atoms with Crippen LogP contribution in [0.5, 0.6) is 5.75 Å². The van der Waals surface area contributed by atoms with Gasteiger partial charge in [-0.1, -0.05) is 18.2 Å². The fourth-order valence-corrected chi connectivity index (χ4v) is 1.87. The lowest BCUT2D eigenvalue weighted by atomic mass is 10.2. The van der Waals surface area contributed by atoms with E-state index in [4.69, 9.17) is 9.84 Å². The maximum atomic E-state index is 12.0. The molecule has 0 bridgehead atoms. The maximum absolute atomic E-state index is 12.0. The summed E-state index contributed by atoms with van der Waals surface area (Å²) in [6.45, 7) is 2.34. The second-order valence-corrected chi connectivity index (χ2v) is 4.39. The molecule has 0 unspecified atom stereocenters. The monoisotopic (exact) mass is 300 g/mol. The molecule has 0 saturated carbocycles. The fourth-order valence-electron chi connectivity index (χ4n) is 1.87. The Morgan fingerprint density at radius 1 is 1.09 bits per heavy atom. The second kappa shape index (κ2) is 7.12. The van der Waals surface area contributed by atoms with Gasteiger partial charge in [0.25, 0.3) is 0 Å². The summed E-state index contributed by atoms with van der Waals surface area (Å²) in [6.07, 6.45) is 0. The first kappa shape index (κ1) is 15.4. The Balaban J connectivity index is 2.07. The smallest absolute Gasteiger partial charge is 0.335 e. The van der Waals surface area contributed by atoms with Crippen LogP contribution in [0.3, 0.4) is 0 Å². The van der Waals surface area contributed by atoms with Crippen molar-refractivity contribution in [2.45, 2.75) is 6.92 Å². The number of hydrogen-bond acceptors (Lipinski definition) is 3. The third kappa shape index (κ3) is 3.99. The molecule has 0 aromatic heterocycles. The van der Waals surface area contributed by atoms with Gasteiger partial charge in [0.05, 0.1) is 17.9 Å². The predicted octanol–water partition coefficient (Wildman–Crippen LogP) is 3.43. The number of para-hydroxylation sites is 2. The minimum atomic E-state index is -1.05. The molecule has 0 fully saturated rings. The lowest BCUT2D eigenvalue weighted by Gasteiger charge is -2.12. The van der Waals surface area contributed by atoms with Crippen LogP contribution < -0.4 is 15.4 Å². The molecule has 6 heteroatoms. The van der Waals surface area contributed by atoms with E-state index in [0.29, 0.717) is 23.7 Å². The van der Waals surface area contributed by atoms with Crippen LogP contribution in [0.2, 0.25) is 0 Å². The third-order valence-electron chi connectivity index (χ3n) is 2.80. The van der Waals surface area contributed by atoms with Gasteiger partial charge in [-0.2, -0.15) is 0 Å². The summed E-state index contributed by atoms with van der Waals surface area (Å²) >= 11 is 0. The van der Waals surface area contributed by atoms with Crippen molar-refractivity contribution < 1.29 is 19.4 Å². The molecular weight excluding hydrogens is 284 g/mol. The van der Waals surface area contributed by atoms with Crippen LogP contribution in [-0.4, -0.2) is 23.7 Å². The van der Waals surface area contributed by atoms with E-state index in [1.54, 1.807) is 30.3 Å². The zero-order valence-corrected chi connectivity index (χ0v) is 12.0. The molecule has 0 aliphatic rings. The first-order valence-corrected chi connectivity index (χ1v) is 6.73. The highest BCUT2D eigenvalue weighted by atomic mass is 16.5. The molecule has 2 aromatic carbocycles. The Bertz CT molecular complexity index is 685. The van der Waals surface area contributed by atoms with Crippen LogP contribution >= 0.6 is 0 Å². The van der Waals surface area contributed by atoms with Crippen LogP contribution in [-0.2, 0) is 0 Å². The van der Waals surface area contributed by atoms with Gasteiger partial charge in [-0.25, -0.2) is 9.59 Å². The van der Waals surface area contributed by atoms with Crippen molar-refractivity contribution in [2.75, 3.05) is 17.2 Å². The fraction of sp³-hybridized carbons (Fsp3) is 0.125. The molecule has 2 amide bonds. The van der Waals surface area contributed by atoms with Gasteiger partial charge in [0.15, 0.2) is 0 Å². The Morgan fingerprint density at radius 3 is 2.59 bits per heavy atom. The molecule has 114 valence electrons. The topological polar surface area (TPSA) is 87.7 Å². The number of benzene rings is 2. The zero-order chi connectivity index (χ0) is 15.9. The Kier molecular flexibility index (Phi) is 4.98. The molecule has 0 saturated heterocycles. The molecular formula is C16H16N2O4. The molecule has 22 heavy (non-hydrogen) atoms. The van der Waals surface area contributed by atoms with Gasteiger partial charge in [0.2, 0.25) is 0 Å². The Hall–Kier alpha value is -3.02. The zero-order valence-electron chi connectivity index (χ0n) is 12.0. The van der Waals surface area contributed by atoms with Crippen molar-refractivity contribution in [3.8, 4) is 5.75 Å². The Labute approximate surface area is 127 Å². The number of ether oxygens (including phenoxy) is 1. The van der Waals surface area contributed by atoms with Crippen molar-refractivity contribution in [3.05, 3.63) is 54.1 Å². The lowest BCUT2D eigenvalue weighted by molar-refractivity contribution is 0.0697. The largest absolute Gasteiger partial charge is 0.492 e. The number of nitrogens with one attached hydrogen (secondary N) is 2. The minimum absolute atomic E-state index is 0.104. The first-order valence-electron chi connectivity index (χ1n) is 6.73. The molecule has 0 heterocycles. The standard InChI is InChI=1S/C16H16N2O4/c1-2-22-14-9-4-3-8-13(14)18-16(21)17-12-7-5-6-11(10-12)15(19)20/h3-10H,2H2,1H3,(H,19,20)(H2,17,18,21).